The molecule has 1 fully saturated rings. The summed E-state index contributed by atoms with van der Waals surface area (Å²) >= 11 is 0. The lowest BCUT2D eigenvalue weighted by molar-refractivity contribution is 0.294. The molecule has 1 aromatic carbocycles. The van der Waals surface area contributed by atoms with Gasteiger partial charge < -0.3 is 19.7 Å². The summed E-state index contributed by atoms with van der Waals surface area (Å²) < 4.78 is 11.1. The van der Waals surface area contributed by atoms with E-state index in [4.69, 9.17) is 9.47 Å². The maximum Gasteiger partial charge on any atom is 0.142 e. The fourth-order valence-corrected chi connectivity index (χ4v) is 2.95. The molecule has 2 heterocycles. The summed E-state index contributed by atoms with van der Waals surface area (Å²) in [6.45, 7) is 5.19. The van der Waals surface area contributed by atoms with E-state index in [9.17, 15) is 0 Å². The molecular weight excluding hydrogens is 240 g/mol. The predicted molar refractivity (Wildman–Crippen MR) is 76.3 cm³/mol. The van der Waals surface area contributed by atoms with Gasteiger partial charge in [0.25, 0.3) is 0 Å². The quantitative estimate of drug-likeness (QED) is 0.902. The van der Waals surface area contributed by atoms with Crippen molar-refractivity contribution in [3.8, 4) is 11.5 Å². The lowest BCUT2D eigenvalue weighted by Crippen LogP contribution is -2.40. The molecule has 0 saturated carbocycles. The first-order valence-electron chi connectivity index (χ1n) is 7.13. The molecule has 2 aliphatic rings. The molecule has 0 spiro atoms. The van der Waals surface area contributed by atoms with Gasteiger partial charge in [-0.15, -0.1) is 0 Å². The third-order valence-corrected chi connectivity index (χ3v) is 4.06. The van der Waals surface area contributed by atoms with Gasteiger partial charge >= 0.3 is 0 Å². The average Bonchev–Trinajstić information content (AvgIpc) is 2.48. The van der Waals surface area contributed by atoms with Crippen LogP contribution < -0.4 is 19.7 Å². The maximum atomic E-state index is 5.73. The Morgan fingerprint density at radius 3 is 3.00 bits per heavy atom. The highest BCUT2D eigenvalue weighted by Crippen LogP contribution is 2.35. The second-order valence-corrected chi connectivity index (χ2v) is 5.32. The van der Waals surface area contributed by atoms with E-state index >= 15 is 0 Å². The molecular formula is C15H22N2O2. The number of piperidine rings is 1. The Morgan fingerprint density at radius 2 is 2.21 bits per heavy atom. The van der Waals surface area contributed by atoms with E-state index in [1.165, 1.54) is 18.5 Å². The first kappa shape index (κ1) is 12.6. The van der Waals surface area contributed by atoms with Gasteiger partial charge in [0.1, 0.15) is 18.1 Å². The molecule has 1 N–H and O–H groups in total. The molecule has 1 saturated heterocycles. The highest BCUT2D eigenvalue weighted by atomic mass is 16.5. The standard InChI is InChI=1S/C15H22N2O2/c1-18-13-2-3-15-14(10-13)17(8-9-19-15)11-12-4-6-16-7-5-12/h2-3,10,12,16H,4-9,11H2,1H3. The smallest absolute Gasteiger partial charge is 0.142 e. The van der Waals surface area contributed by atoms with Crippen molar-refractivity contribution in [2.45, 2.75) is 12.8 Å². The molecule has 0 aromatic heterocycles. The van der Waals surface area contributed by atoms with Gasteiger partial charge in [0.15, 0.2) is 0 Å². The van der Waals surface area contributed by atoms with Crippen LogP contribution >= 0.6 is 0 Å². The summed E-state index contributed by atoms with van der Waals surface area (Å²) in [6, 6.07) is 6.07. The first-order valence-corrected chi connectivity index (χ1v) is 7.13. The van der Waals surface area contributed by atoms with Gasteiger partial charge in [-0.1, -0.05) is 0 Å². The summed E-state index contributed by atoms with van der Waals surface area (Å²) in [6.07, 6.45) is 2.55. The SMILES string of the molecule is COc1ccc2c(c1)N(CC1CCNCC1)CCO2. The van der Waals surface area contributed by atoms with Crippen LogP contribution in [0.15, 0.2) is 18.2 Å². The van der Waals surface area contributed by atoms with Crippen LogP contribution in [0.2, 0.25) is 0 Å². The van der Waals surface area contributed by atoms with Gasteiger partial charge in [-0.05, 0) is 44.0 Å². The van der Waals surface area contributed by atoms with E-state index < -0.39 is 0 Å². The molecule has 0 unspecified atom stereocenters. The van der Waals surface area contributed by atoms with Crippen molar-refractivity contribution < 1.29 is 9.47 Å². The molecule has 3 rings (SSSR count). The molecule has 104 valence electrons. The Kier molecular flexibility index (Phi) is 3.78. The van der Waals surface area contributed by atoms with Gasteiger partial charge in [-0.25, -0.2) is 0 Å². The van der Waals surface area contributed by atoms with Crippen LogP contribution in [-0.4, -0.2) is 39.9 Å². The monoisotopic (exact) mass is 262 g/mol. The van der Waals surface area contributed by atoms with Crippen LogP contribution in [0.1, 0.15) is 12.8 Å². The Bertz CT molecular complexity index is 430. The maximum absolute atomic E-state index is 5.73. The lowest BCUT2D eigenvalue weighted by Gasteiger charge is -2.35. The fourth-order valence-electron chi connectivity index (χ4n) is 2.95. The zero-order valence-electron chi connectivity index (χ0n) is 11.5. The van der Waals surface area contributed by atoms with E-state index in [-0.39, 0.29) is 0 Å². The first-order chi connectivity index (χ1) is 9.36. The number of fused-ring (bicyclic) bond motifs is 1. The highest BCUT2D eigenvalue weighted by molar-refractivity contribution is 5.62. The van der Waals surface area contributed by atoms with E-state index in [0.29, 0.717) is 0 Å². The molecule has 1 aromatic rings. The Labute approximate surface area is 114 Å². The summed E-state index contributed by atoms with van der Waals surface area (Å²) in [7, 11) is 1.71. The molecule has 0 atom stereocenters. The number of methoxy groups -OCH3 is 1. The summed E-state index contributed by atoms with van der Waals surface area (Å²) in [5.41, 5.74) is 1.18. The number of hydrogen-bond acceptors (Lipinski definition) is 4. The summed E-state index contributed by atoms with van der Waals surface area (Å²) in [4.78, 5) is 2.46. The summed E-state index contributed by atoms with van der Waals surface area (Å²) in [5.74, 6) is 2.68. The zero-order valence-corrected chi connectivity index (χ0v) is 11.5. The van der Waals surface area contributed by atoms with E-state index in [0.717, 1.165) is 50.2 Å². The minimum Gasteiger partial charge on any atom is -0.497 e. The van der Waals surface area contributed by atoms with Crippen molar-refractivity contribution >= 4 is 5.69 Å². The van der Waals surface area contributed by atoms with Gasteiger partial charge in [0, 0.05) is 12.6 Å². The second kappa shape index (κ2) is 5.70. The van der Waals surface area contributed by atoms with Crippen molar-refractivity contribution in [3.05, 3.63) is 18.2 Å². The van der Waals surface area contributed by atoms with Crippen LogP contribution in [0.4, 0.5) is 5.69 Å². The highest BCUT2D eigenvalue weighted by Gasteiger charge is 2.23. The average molecular weight is 262 g/mol. The predicted octanol–water partition coefficient (Wildman–Crippen LogP) is 1.89. The number of nitrogens with zero attached hydrogens (tertiary/aromatic N) is 1. The second-order valence-electron chi connectivity index (χ2n) is 5.32. The third kappa shape index (κ3) is 2.78. The summed E-state index contributed by atoms with van der Waals surface area (Å²) in [5, 5.41) is 3.43. The van der Waals surface area contributed by atoms with Crippen LogP contribution in [0.3, 0.4) is 0 Å². The zero-order chi connectivity index (χ0) is 13.1. The third-order valence-electron chi connectivity index (χ3n) is 4.06. The normalized spacial score (nSPS) is 19.7. The van der Waals surface area contributed by atoms with Crippen molar-refractivity contribution in [2.75, 3.05) is 44.8 Å². The van der Waals surface area contributed by atoms with Crippen LogP contribution in [0.25, 0.3) is 0 Å². The van der Waals surface area contributed by atoms with Crippen molar-refractivity contribution in [1.29, 1.82) is 0 Å². The van der Waals surface area contributed by atoms with Crippen LogP contribution in [-0.2, 0) is 0 Å². The van der Waals surface area contributed by atoms with Crippen molar-refractivity contribution in [3.63, 3.8) is 0 Å². The number of anilines is 1. The molecule has 19 heavy (non-hydrogen) atoms. The van der Waals surface area contributed by atoms with Gasteiger partial charge in [0.05, 0.1) is 19.3 Å². The molecule has 4 nitrogen and oxygen atoms in total. The molecule has 0 bridgehead atoms. The number of rotatable bonds is 3. The molecule has 0 radical (unpaired) electrons. The Morgan fingerprint density at radius 1 is 1.37 bits per heavy atom. The molecule has 4 heteroatoms. The number of benzene rings is 1. The fraction of sp³-hybridized carbons (Fsp3) is 0.600. The van der Waals surface area contributed by atoms with Crippen molar-refractivity contribution in [2.24, 2.45) is 5.92 Å². The lowest BCUT2D eigenvalue weighted by atomic mass is 9.97. The number of ether oxygens (including phenoxy) is 2. The minimum atomic E-state index is 0.782. The minimum absolute atomic E-state index is 0.782. The Balaban J connectivity index is 1.76. The van der Waals surface area contributed by atoms with Gasteiger partial charge in [0.2, 0.25) is 0 Å². The topological polar surface area (TPSA) is 33.7 Å². The van der Waals surface area contributed by atoms with Crippen molar-refractivity contribution in [1.82, 2.24) is 5.32 Å². The Hall–Kier alpha value is -1.42. The number of hydrogen-bond donors (Lipinski definition) is 1. The largest absolute Gasteiger partial charge is 0.497 e. The van der Waals surface area contributed by atoms with Gasteiger partial charge in [-0.2, -0.15) is 0 Å². The molecule has 0 amide bonds. The van der Waals surface area contributed by atoms with Gasteiger partial charge in [-0.3, -0.25) is 0 Å². The number of nitrogens with one attached hydrogen (secondary N) is 1. The molecule has 0 aliphatic carbocycles. The van der Waals surface area contributed by atoms with E-state index in [1.54, 1.807) is 7.11 Å². The van der Waals surface area contributed by atoms with E-state index in [2.05, 4.69) is 16.3 Å². The van der Waals surface area contributed by atoms with Crippen LogP contribution in [0.5, 0.6) is 11.5 Å². The van der Waals surface area contributed by atoms with Crippen LogP contribution in [0, 0.1) is 5.92 Å². The molecule has 2 aliphatic heterocycles. The van der Waals surface area contributed by atoms with E-state index in [1.807, 2.05) is 12.1 Å².